The predicted octanol–water partition coefficient (Wildman–Crippen LogP) is 7.12. The fraction of sp³-hybridized carbons (Fsp3) is 0.357. The van der Waals surface area contributed by atoms with Crippen LogP contribution in [0.3, 0.4) is 0 Å². The van der Waals surface area contributed by atoms with E-state index in [1.807, 2.05) is 43.3 Å². The van der Waals surface area contributed by atoms with Gasteiger partial charge in [-0.2, -0.15) is 0 Å². The lowest BCUT2D eigenvalue weighted by molar-refractivity contribution is -0.137. The number of nitrogens with one attached hydrogen (secondary N) is 1. The van der Waals surface area contributed by atoms with Crippen LogP contribution in [-0.2, 0) is 11.3 Å². The SMILES string of the molecule is CCC(CC(=O)O)C1=CCC(Nc2ccc(Cl)cc2)=CC(N(Cc2ccc(F)cc2)CC(C)C)=N1. The zero-order valence-corrected chi connectivity index (χ0v) is 21.2. The first kappa shape index (κ1) is 26.5. The molecule has 0 amide bonds. The van der Waals surface area contributed by atoms with Crippen molar-refractivity contribution in [1.82, 2.24) is 4.90 Å². The second kappa shape index (κ2) is 12.5. The number of benzene rings is 2. The number of amidine groups is 1. The van der Waals surface area contributed by atoms with Crippen LogP contribution in [0.2, 0.25) is 5.02 Å². The molecule has 1 unspecified atom stereocenters. The Labute approximate surface area is 212 Å². The van der Waals surface area contributed by atoms with Gasteiger partial charge in [0.15, 0.2) is 0 Å². The van der Waals surface area contributed by atoms with Gasteiger partial charge in [0.25, 0.3) is 0 Å². The van der Waals surface area contributed by atoms with E-state index >= 15 is 0 Å². The molecule has 0 spiro atoms. The maximum atomic E-state index is 13.5. The summed E-state index contributed by atoms with van der Waals surface area (Å²) in [7, 11) is 0. The van der Waals surface area contributed by atoms with E-state index in [2.05, 4.69) is 24.1 Å². The van der Waals surface area contributed by atoms with Gasteiger partial charge in [0.2, 0.25) is 0 Å². The molecule has 1 atom stereocenters. The van der Waals surface area contributed by atoms with Crippen molar-refractivity contribution < 1.29 is 14.3 Å². The molecule has 35 heavy (non-hydrogen) atoms. The molecule has 0 aromatic heterocycles. The molecule has 0 saturated carbocycles. The standard InChI is InChI=1S/C28H33ClFN3O2/c1-4-21(15-28(34)35)26-14-13-25(31-24-11-7-22(29)8-12-24)16-27(32-26)33(17-19(2)3)18-20-5-9-23(30)10-6-20/h5-12,14,16,19,21,31H,4,13,15,17-18H2,1-3H3,(H,34,35). The van der Waals surface area contributed by atoms with Gasteiger partial charge in [0.1, 0.15) is 11.7 Å². The van der Waals surface area contributed by atoms with E-state index in [1.54, 1.807) is 12.1 Å². The number of carboxylic acid groups (broad SMARTS) is 1. The zero-order valence-electron chi connectivity index (χ0n) is 20.5. The molecule has 1 heterocycles. The second-order valence-electron chi connectivity index (χ2n) is 9.21. The van der Waals surface area contributed by atoms with E-state index in [0.29, 0.717) is 30.3 Å². The van der Waals surface area contributed by atoms with E-state index in [1.165, 1.54) is 12.1 Å². The van der Waals surface area contributed by atoms with Crippen LogP contribution in [-0.4, -0.2) is 28.4 Å². The molecule has 1 aliphatic heterocycles. The van der Waals surface area contributed by atoms with Gasteiger partial charge in [-0.05, 0) is 54.3 Å². The normalized spacial score (nSPS) is 14.5. The number of rotatable bonds is 10. The summed E-state index contributed by atoms with van der Waals surface area (Å²) in [4.78, 5) is 18.7. The summed E-state index contributed by atoms with van der Waals surface area (Å²) in [5, 5.41) is 13.6. The molecule has 3 rings (SSSR count). The summed E-state index contributed by atoms with van der Waals surface area (Å²) >= 11 is 6.04. The number of aliphatic imine (C=N–C) groups is 1. The van der Waals surface area contributed by atoms with Crippen LogP contribution in [0, 0.1) is 17.7 Å². The third kappa shape index (κ3) is 8.25. The molecule has 0 saturated heterocycles. The van der Waals surface area contributed by atoms with Crippen molar-refractivity contribution in [3.8, 4) is 0 Å². The van der Waals surface area contributed by atoms with Crippen LogP contribution in [0.4, 0.5) is 10.1 Å². The largest absolute Gasteiger partial charge is 0.481 e. The minimum atomic E-state index is -0.837. The lowest BCUT2D eigenvalue weighted by Gasteiger charge is -2.28. The Morgan fingerprint density at radius 3 is 2.46 bits per heavy atom. The molecule has 0 aliphatic carbocycles. The van der Waals surface area contributed by atoms with Crippen molar-refractivity contribution in [3.63, 3.8) is 0 Å². The van der Waals surface area contributed by atoms with Gasteiger partial charge >= 0.3 is 5.97 Å². The van der Waals surface area contributed by atoms with Crippen LogP contribution in [0.5, 0.6) is 0 Å². The highest BCUT2D eigenvalue weighted by Gasteiger charge is 2.21. The van der Waals surface area contributed by atoms with Crippen LogP contribution in [0.15, 0.2) is 77.1 Å². The monoisotopic (exact) mass is 497 g/mol. The molecule has 0 bridgehead atoms. The summed E-state index contributed by atoms with van der Waals surface area (Å²) < 4.78 is 13.5. The van der Waals surface area contributed by atoms with Crippen molar-refractivity contribution >= 4 is 29.1 Å². The van der Waals surface area contributed by atoms with Gasteiger partial charge in [-0.1, -0.05) is 50.6 Å². The van der Waals surface area contributed by atoms with E-state index in [-0.39, 0.29) is 18.2 Å². The smallest absolute Gasteiger partial charge is 0.304 e. The molecule has 2 N–H and O–H groups in total. The first-order chi connectivity index (χ1) is 16.7. The number of hydrogen-bond acceptors (Lipinski definition) is 4. The minimum absolute atomic E-state index is 0.0290. The number of halogens is 2. The highest BCUT2D eigenvalue weighted by atomic mass is 35.5. The molecule has 1 aliphatic rings. The molecular formula is C28H33ClFN3O2. The number of nitrogens with zero attached hydrogens (tertiary/aromatic N) is 2. The topological polar surface area (TPSA) is 64.9 Å². The highest BCUT2D eigenvalue weighted by Crippen LogP contribution is 2.27. The number of allylic oxidation sites excluding steroid dienone is 2. The average Bonchev–Trinajstić information content (AvgIpc) is 3.02. The second-order valence-corrected chi connectivity index (χ2v) is 9.64. The fourth-order valence-electron chi connectivity index (χ4n) is 4.02. The van der Waals surface area contributed by atoms with Crippen LogP contribution in [0.1, 0.15) is 45.6 Å². The van der Waals surface area contributed by atoms with Gasteiger partial charge in [-0.15, -0.1) is 0 Å². The van der Waals surface area contributed by atoms with Crippen molar-refractivity contribution in [2.45, 2.75) is 46.6 Å². The van der Waals surface area contributed by atoms with Gasteiger partial charge in [0.05, 0.1) is 6.42 Å². The van der Waals surface area contributed by atoms with E-state index in [4.69, 9.17) is 16.6 Å². The summed E-state index contributed by atoms with van der Waals surface area (Å²) in [6.07, 6.45) is 5.34. The maximum absolute atomic E-state index is 13.5. The lowest BCUT2D eigenvalue weighted by Crippen LogP contribution is -2.33. The molecule has 0 radical (unpaired) electrons. The van der Waals surface area contributed by atoms with Crippen LogP contribution >= 0.6 is 11.6 Å². The molecule has 2 aromatic carbocycles. The molecule has 7 heteroatoms. The molecular weight excluding hydrogens is 465 g/mol. The molecule has 5 nitrogen and oxygen atoms in total. The van der Waals surface area contributed by atoms with Crippen molar-refractivity contribution in [2.24, 2.45) is 16.8 Å². The first-order valence-corrected chi connectivity index (χ1v) is 12.3. The predicted molar refractivity (Wildman–Crippen MR) is 141 cm³/mol. The zero-order chi connectivity index (χ0) is 25.4. The third-order valence-electron chi connectivity index (χ3n) is 5.76. The molecule has 186 valence electrons. The number of hydrogen-bond donors (Lipinski definition) is 2. The lowest BCUT2D eigenvalue weighted by atomic mass is 9.97. The summed E-state index contributed by atoms with van der Waals surface area (Å²) in [6.45, 7) is 7.57. The Morgan fingerprint density at radius 1 is 1.17 bits per heavy atom. The summed E-state index contributed by atoms with van der Waals surface area (Å²) in [5.41, 5.74) is 3.60. The number of carbonyl (C=O) groups is 1. The van der Waals surface area contributed by atoms with E-state index < -0.39 is 5.97 Å². The third-order valence-corrected chi connectivity index (χ3v) is 6.01. The molecule has 0 fully saturated rings. The first-order valence-electron chi connectivity index (χ1n) is 12.0. The van der Waals surface area contributed by atoms with Gasteiger partial charge in [0, 0.05) is 53.6 Å². The maximum Gasteiger partial charge on any atom is 0.304 e. The molecule has 2 aromatic rings. The highest BCUT2D eigenvalue weighted by molar-refractivity contribution is 6.30. The van der Waals surface area contributed by atoms with Crippen LogP contribution < -0.4 is 5.32 Å². The van der Waals surface area contributed by atoms with Crippen molar-refractivity contribution in [3.05, 3.63) is 88.5 Å². The Kier molecular flexibility index (Phi) is 9.49. The Morgan fingerprint density at radius 2 is 1.86 bits per heavy atom. The summed E-state index contributed by atoms with van der Waals surface area (Å²) in [6, 6.07) is 14.0. The summed E-state index contributed by atoms with van der Waals surface area (Å²) in [5.74, 6) is -0.174. The average molecular weight is 498 g/mol. The number of carboxylic acids is 1. The Balaban J connectivity index is 1.99. The fourth-order valence-corrected chi connectivity index (χ4v) is 4.15. The quantitative estimate of drug-likeness (QED) is 0.366. The van der Waals surface area contributed by atoms with Crippen molar-refractivity contribution in [2.75, 3.05) is 11.9 Å². The van der Waals surface area contributed by atoms with E-state index in [9.17, 15) is 14.3 Å². The van der Waals surface area contributed by atoms with Gasteiger partial charge in [-0.3, -0.25) is 4.79 Å². The number of aliphatic carboxylic acids is 1. The van der Waals surface area contributed by atoms with Crippen LogP contribution in [0.25, 0.3) is 0 Å². The minimum Gasteiger partial charge on any atom is -0.481 e. The van der Waals surface area contributed by atoms with Gasteiger partial charge in [-0.25, -0.2) is 9.38 Å². The van der Waals surface area contributed by atoms with Crippen molar-refractivity contribution in [1.29, 1.82) is 0 Å². The Hall–Kier alpha value is -3.12. The Bertz CT molecular complexity index is 1090. The van der Waals surface area contributed by atoms with E-state index in [0.717, 1.165) is 35.0 Å². The van der Waals surface area contributed by atoms with Gasteiger partial charge < -0.3 is 15.3 Å². The number of anilines is 1.